The Labute approximate surface area is 70.6 Å². The zero-order valence-electron chi connectivity index (χ0n) is 6.47. The fourth-order valence-corrected chi connectivity index (χ4v) is 0.667. The third-order valence-electron chi connectivity index (χ3n) is 1.07. The van der Waals surface area contributed by atoms with E-state index in [0.717, 1.165) is 5.56 Å². The van der Waals surface area contributed by atoms with Crippen LogP contribution < -0.4 is 0 Å². The highest BCUT2D eigenvalue weighted by atomic mass is 16.6. The van der Waals surface area contributed by atoms with Crippen LogP contribution in [-0.2, 0) is 0 Å². The van der Waals surface area contributed by atoms with Crippen LogP contribution in [0.5, 0.6) is 0 Å². The lowest BCUT2D eigenvalue weighted by Gasteiger charge is -1.85. The summed E-state index contributed by atoms with van der Waals surface area (Å²) in [6, 6.07) is 9.99. The number of hydrogen-bond acceptors (Lipinski definition) is 2. The van der Waals surface area contributed by atoms with Crippen LogP contribution >= 0.6 is 0 Å². The van der Waals surface area contributed by atoms with Crippen molar-refractivity contribution in [1.82, 2.24) is 0 Å². The van der Waals surface area contributed by atoms with E-state index in [-0.39, 0.29) is 0 Å². The first-order valence-electron chi connectivity index (χ1n) is 3.22. The molecule has 0 heterocycles. The van der Waals surface area contributed by atoms with Crippen molar-refractivity contribution < 1.29 is 5.21 Å². The summed E-state index contributed by atoms with van der Waals surface area (Å²) in [5.41, 5.74) is 3.85. The third-order valence-corrected chi connectivity index (χ3v) is 1.07. The van der Waals surface area contributed by atoms with Crippen LogP contribution in [0.25, 0.3) is 6.08 Å². The molecule has 0 aliphatic rings. The average Bonchev–Trinajstić information content (AvgIpc) is 2.08. The van der Waals surface area contributed by atoms with Crippen molar-refractivity contribution in [2.24, 2.45) is 5.34 Å². The Kier molecular flexibility index (Phi) is 6.13. The Morgan fingerprint density at radius 2 is 1.92 bits per heavy atom. The quantitative estimate of drug-likeness (QED) is 0.393. The minimum atomic E-state index is 1.15. The van der Waals surface area contributed by atoms with Gasteiger partial charge in [-0.15, -0.1) is 10.6 Å². The molecule has 1 N–H and O–H groups in total. The van der Waals surface area contributed by atoms with Gasteiger partial charge in [0, 0.05) is 0 Å². The lowest BCUT2D eigenvalue weighted by Crippen LogP contribution is -1.64. The molecule has 0 amide bonds. The van der Waals surface area contributed by atoms with Crippen LogP contribution in [0.2, 0.25) is 0 Å². The molecule has 0 saturated carbocycles. The van der Waals surface area contributed by atoms with Crippen LogP contribution in [0.15, 0.2) is 48.0 Å². The van der Waals surface area contributed by atoms with Crippen molar-refractivity contribution in [3.8, 4) is 0 Å². The first-order valence-corrected chi connectivity index (χ1v) is 3.22. The predicted octanol–water partition coefficient (Wildman–Crippen LogP) is 2.63. The maximum absolute atomic E-state index is 8.11. The van der Waals surface area contributed by atoms with Crippen molar-refractivity contribution in [2.75, 3.05) is 0 Å². The van der Waals surface area contributed by atoms with Gasteiger partial charge >= 0.3 is 0 Å². The van der Waals surface area contributed by atoms with Gasteiger partial charge in [-0.2, -0.15) is 0 Å². The Morgan fingerprint density at radius 1 is 1.42 bits per heavy atom. The molecule has 3 nitrogen and oxygen atoms in total. The molecule has 1 aromatic carbocycles. The second-order valence-electron chi connectivity index (χ2n) is 1.84. The van der Waals surface area contributed by atoms with E-state index in [2.05, 4.69) is 12.3 Å². The summed E-state index contributed by atoms with van der Waals surface area (Å²) in [4.78, 5) is 8.11. The summed E-state index contributed by atoms with van der Waals surface area (Å²) in [5, 5.41) is 7.89. The Hall–Kier alpha value is -1.86. The van der Waals surface area contributed by atoms with Crippen molar-refractivity contribution in [1.29, 1.82) is 0 Å². The molecule has 0 aliphatic carbocycles. The average molecular weight is 163 g/mol. The molecule has 12 heavy (non-hydrogen) atoms. The number of hydrogen-bond donors (Lipinski definition) is 1. The largest absolute Gasteiger partial charge is 0.379 e. The molecule has 62 valence electrons. The minimum Gasteiger partial charge on any atom is -0.379 e. The van der Waals surface area contributed by atoms with Crippen LogP contribution in [0.1, 0.15) is 5.56 Å². The second kappa shape index (κ2) is 7.25. The molecule has 0 radical (unpaired) electrons. The fraction of sp³-hybridized carbons (Fsp3) is 0. The molecular weight excluding hydrogens is 154 g/mol. The van der Waals surface area contributed by atoms with Gasteiger partial charge in [0.05, 0.1) is 0 Å². The van der Waals surface area contributed by atoms with Crippen LogP contribution in [-0.4, -0.2) is 5.21 Å². The zero-order chi connectivity index (χ0) is 9.23. The highest BCUT2D eigenvalue weighted by molar-refractivity contribution is 5.47. The summed E-state index contributed by atoms with van der Waals surface area (Å²) >= 11 is 0. The fourth-order valence-electron chi connectivity index (χ4n) is 0.667. The van der Waals surface area contributed by atoms with Gasteiger partial charge in [-0.25, -0.2) is 0 Å². The summed E-state index contributed by atoms with van der Waals surface area (Å²) < 4.78 is 0. The Bertz CT molecular complexity index is 263. The van der Waals surface area contributed by atoms with E-state index in [9.17, 15) is 0 Å². The van der Waals surface area contributed by atoms with Gasteiger partial charge in [-0.1, -0.05) is 36.9 Å². The van der Waals surface area contributed by atoms with Crippen molar-refractivity contribution in [3.05, 3.63) is 53.1 Å². The molecule has 1 rings (SSSR count). The molecule has 0 unspecified atom stereocenters. The van der Waals surface area contributed by atoms with Gasteiger partial charge in [0.25, 0.3) is 0 Å². The molecule has 0 saturated heterocycles. The van der Waals surface area contributed by atoms with Gasteiger partial charge in [-0.3, -0.25) is 0 Å². The van der Waals surface area contributed by atoms with Crippen LogP contribution in [0, 0.1) is 4.91 Å². The van der Waals surface area contributed by atoms with E-state index in [4.69, 9.17) is 10.1 Å². The van der Waals surface area contributed by atoms with E-state index >= 15 is 0 Å². The molecule has 0 bridgehead atoms. The van der Waals surface area contributed by atoms with Gasteiger partial charge < -0.3 is 5.21 Å². The topological polar surface area (TPSA) is 49.7 Å². The highest BCUT2D eigenvalue weighted by Crippen LogP contribution is 1.98. The lowest BCUT2D eigenvalue weighted by molar-refractivity contribution is 0.312. The summed E-state index contributed by atoms with van der Waals surface area (Å²) in [6.07, 6.45) is 1.85. The molecule has 0 aliphatic heterocycles. The molecule has 1 aromatic rings. The maximum atomic E-state index is 8.11. The molecule has 0 spiro atoms. The van der Waals surface area contributed by atoms with Crippen LogP contribution in [0.4, 0.5) is 0 Å². The number of rotatable bonds is 1. The SMILES string of the molecule is C=C=Cc1ccccc1.O=NO. The number of benzene rings is 1. The Balaban J connectivity index is 0.000000354. The van der Waals surface area contributed by atoms with Crippen molar-refractivity contribution in [3.63, 3.8) is 0 Å². The molecule has 0 atom stereocenters. The zero-order valence-corrected chi connectivity index (χ0v) is 6.47. The van der Waals surface area contributed by atoms with Crippen LogP contribution in [0.3, 0.4) is 0 Å². The third kappa shape index (κ3) is 4.97. The normalized spacial score (nSPS) is 7.00. The van der Waals surface area contributed by atoms with E-state index in [1.807, 2.05) is 36.4 Å². The standard InChI is InChI=1S/C9H8.HNO2/c1-2-6-9-7-4-3-5-8-9;2-1-3/h3-8H,1H2;(H,2,3). The van der Waals surface area contributed by atoms with Gasteiger partial charge in [0.15, 0.2) is 5.34 Å². The summed E-state index contributed by atoms with van der Waals surface area (Å²) in [6.45, 7) is 3.48. The maximum Gasteiger partial charge on any atom is 0.152 e. The van der Waals surface area contributed by atoms with E-state index in [0.29, 0.717) is 0 Å². The van der Waals surface area contributed by atoms with Gasteiger partial charge in [-0.05, 0) is 11.6 Å². The minimum absolute atomic E-state index is 1.15. The smallest absolute Gasteiger partial charge is 0.152 e. The first kappa shape index (κ1) is 10.1. The summed E-state index contributed by atoms with van der Waals surface area (Å²) in [5.74, 6) is 0. The number of nitrogens with zero attached hydrogens (tertiary/aromatic N) is 1. The van der Waals surface area contributed by atoms with Gasteiger partial charge in [0.2, 0.25) is 0 Å². The van der Waals surface area contributed by atoms with Gasteiger partial charge in [0.1, 0.15) is 0 Å². The van der Waals surface area contributed by atoms with E-state index < -0.39 is 0 Å². The monoisotopic (exact) mass is 163 g/mol. The van der Waals surface area contributed by atoms with E-state index in [1.165, 1.54) is 5.34 Å². The lowest BCUT2D eigenvalue weighted by atomic mass is 10.2. The van der Waals surface area contributed by atoms with Crippen molar-refractivity contribution in [2.45, 2.75) is 0 Å². The molecule has 3 heteroatoms. The molecule has 0 fully saturated rings. The highest BCUT2D eigenvalue weighted by Gasteiger charge is 1.77. The molecular formula is C9H9NO2. The second-order valence-corrected chi connectivity index (χ2v) is 1.84. The Morgan fingerprint density at radius 3 is 2.33 bits per heavy atom. The first-order chi connectivity index (χ1) is 5.85. The predicted molar refractivity (Wildman–Crippen MR) is 47.6 cm³/mol. The van der Waals surface area contributed by atoms with Crippen molar-refractivity contribution >= 4 is 6.08 Å². The summed E-state index contributed by atoms with van der Waals surface area (Å²) in [7, 11) is 0. The molecule has 0 aromatic heterocycles. The van der Waals surface area contributed by atoms with E-state index in [1.54, 1.807) is 0 Å².